The molecule has 6 nitrogen and oxygen atoms in total. The molecule has 1 aromatic heterocycles. The minimum absolute atomic E-state index is 0. The fourth-order valence-corrected chi connectivity index (χ4v) is 3.76. The lowest BCUT2D eigenvalue weighted by Crippen LogP contribution is -2.53. The summed E-state index contributed by atoms with van der Waals surface area (Å²) < 4.78 is 5.46. The Labute approximate surface area is 155 Å². The average molecular weight is 370 g/mol. The molecule has 140 valence electrons. The van der Waals surface area contributed by atoms with Crippen LogP contribution in [-0.2, 0) is 4.79 Å². The van der Waals surface area contributed by atoms with Crippen molar-refractivity contribution >= 4 is 24.2 Å². The zero-order valence-corrected chi connectivity index (χ0v) is 16.0. The summed E-state index contributed by atoms with van der Waals surface area (Å²) in [6, 6.07) is 2.20. The molecule has 0 bridgehead atoms. The third-order valence-corrected chi connectivity index (χ3v) is 5.12. The van der Waals surface area contributed by atoms with E-state index in [1.54, 1.807) is 6.07 Å². The number of carbonyl (C=O) groups excluding carboxylic acids is 2. The summed E-state index contributed by atoms with van der Waals surface area (Å²) in [4.78, 5) is 29.0. The molecule has 2 atom stereocenters. The van der Waals surface area contributed by atoms with Crippen LogP contribution in [0.3, 0.4) is 0 Å². The summed E-state index contributed by atoms with van der Waals surface area (Å²) in [6.07, 6.45) is 1.82. The van der Waals surface area contributed by atoms with E-state index in [1.807, 2.05) is 23.6 Å². The highest BCUT2D eigenvalue weighted by Gasteiger charge is 2.32. The molecule has 1 N–H and O–H groups in total. The summed E-state index contributed by atoms with van der Waals surface area (Å²) in [5.74, 6) is 1.81. The Hall–Kier alpha value is -1.53. The van der Waals surface area contributed by atoms with Crippen LogP contribution in [0.2, 0.25) is 0 Å². The standard InChI is InChI=1S/C18H27N3O3.ClH/c1-12-10-15(4-5-19-12)17(22)20-6-8-21(9-7-20)18(23)16-11-13(2)24-14(16)3;/h11-12,15,19H,4-10H2,1-3H3;1H/t12-,15-;/m0./s1. The SMILES string of the molecule is Cc1cc(C(=O)N2CCN(C(=O)[C@H]3CCN[C@@H](C)C3)CC2)c(C)o1.Cl. The predicted octanol–water partition coefficient (Wildman–Crippen LogP) is 1.99. The van der Waals surface area contributed by atoms with Crippen molar-refractivity contribution in [3.63, 3.8) is 0 Å². The van der Waals surface area contributed by atoms with Crippen LogP contribution in [0.5, 0.6) is 0 Å². The molecule has 3 rings (SSSR count). The topological polar surface area (TPSA) is 65.8 Å². The Kier molecular flexibility index (Phi) is 6.52. The van der Waals surface area contributed by atoms with Crippen molar-refractivity contribution in [2.75, 3.05) is 32.7 Å². The lowest BCUT2D eigenvalue weighted by atomic mass is 9.92. The Bertz CT molecular complexity index is 623. The summed E-state index contributed by atoms with van der Waals surface area (Å²) in [6.45, 7) is 9.14. The number of carbonyl (C=O) groups is 2. The Morgan fingerprint density at radius 3 is 2.36 bits per heavy atom. The van der Waals surface area contributed by atoms with Gasteiger partial charge in [0.25, 0.3) is 5.91 Å². The van der Waals surface area contributed by atoms with Gasteiger partial charge in [0.15, 0.2) is 0 Å². The summed E-state index contributed by atoms with van der Waals surface area (Å²) in [5, 5.41) is 3.38. The number of amides is 2. The van der Waals surface area contributed by atoms with E-state index in [0.29, 0.717) is 43.5 Å². The lowest BCUT2D eigenvalue weighted by Gasteiger charge is -2.38. The van der Waals surface area contributed by atoms with Gasteiger partial charge in [0.05, 0.1) is 5.56 Å². The van der Waals surface area contributed by atoms with Gasteiger partial charge in [-0.1, -0.05) is 0 Å². The van der Waals surface area contributed by atoms with Gasteiger partial charge in [0.1, 0.15) is 11.5 Å². The fraction of sp³-hybridized carbons (Fsp3) is 0.667. The molecule has 1 aromatic rings. The number of nitrogens with one attached hydrogen (secondary N) is 1. The molecule has 0 unspecified atom stereocenters. The summed E-state index contributed by atoms with van der Waals surface area (Å²) in [5.41, 5.74) is 0.638. The van der Waals surface area contributed by atoms with E-state index in [4.69, 9.17) is 4.42 Å². The van der Waals surface area contributed by atoms with E-state index in [0.717, 1.165) is 25.1 Å². The van der Waals surface area contributed by atoms with Crippen molar-refractivity contribution in [1.29, 1.82) is 0 Å². The van der Waals surface area contributed by atoms with Crippen LogP contribution in [0.15, 0.2) is 10.5 Å². The van der Waals surface area contributed by atoms with Crippen molar-refractivity contribution in [3.05, 3.63) is 23.2 Å². The molecule has 3 heterocycles. The number of piperidine rings is 1. The molecule has 7 heteroatoms. The number of aryl methyl sites for hydroxylation is 2. The van der Waals surface area contributed by atoms with Gasteiger partial charge in [-0.2, -0.15) is 0 Å². The monoisotopic (exact) mass is 369 g/mol. The zero-order valence-electron chi connectivity index (χ0n) is 15.2. The van der Waals surface area contributed by atoms with E-state index in [-0.39, 0.29) is 30.1 Å². The highest BCUT2D eigenvalue weighted by Crippen LogP contribution is 2.21. The molecular weight excluding hydrogens is 342 g/mol. The Morgan fingerprint density at radius 1 is 1.16 bits per heavy atom. The first-order valence-electron chi connectivity index (χ1n) is 8.84. The lowest BCUT2D eigenvalue weighted by molar-refractivity contribution is -0.138. The molecule has 0 spiro atoms. The first-order valence-corrected chi connectivity index (χ1v) is 8.84. The highest BCUT2D eigenvalue weighted by molar-refractivity contribution is 5.95. The maximum absolute atomic E-state index is 12.7. The molecular formula is C18H28ClN3O3. The van der Waals surface area contributed by atoms with E-state index >= 15 is 0 Å². The molecule has 25 heavy (non-hydrogen) atoms. The molecule has 0 aromatic carbocycles. The number of hydrogen-bond donors (Lipinski definition) is 1. The van der Waals surface area contributed by atoms with Crippen LogP contribution in [0.1, 0.15) is 41.6 Å². The molecule has 2 amide bonds. The second-order valence-electron chi connectivity index (χ2n) is 7.02. The molecule has 2 aliphatic rings. The van der Waals surface area contributed by atoms with Crippen molar-refractivity contribution in [2.45, 2.75) is 39.7 Å². The van der Waals surface area contributed by atoms with Crippen LogP contribution in [-0.4, -0.2) is 60.4 Å². The number of rotatable bonds is 2. The van der Waals surface area contributed by atoms with E-state index in [1.165, 1.54) is 0 Å². The van der Waals surface area contributed by atoms with Crippen LogP contribution in [0.4, 0.5) is 0 Å². The third-order valence-electron chi connectivity index (χ3n) is 5.12. The summed E-state index contributed by atoms with van der Waals surface area (Å²) in [7, 11) is 0. The molecule has 0 aliphatic carbocycles. The average Bonchev–Trinajstić information content (AvgIpc) is 2.92. The smallest absolute Gasteiger partial charge is 0.257 e. The zero-order chi connectivity index (χ0) is 17.3. The fourth-order valence-electron chi connectivity index (χ4n) is 3.76. The van der Waals surface area contributed by atoms with Crippen LogP contribution in [0.25, 0.3) is 0 Å². The maximum Gasteiger partial charge on any atom is 0.257 e. The van der Waals surface area contributed by atoms with Gasteiger partial charge in [-0.3, -0.25) is 9.59 Å². The second kappa shape index (κ2) is 8.23. The van der Waals surface area contributed by atoms with E-state index in [9.17, 15) is 9.59 Å². The Morgan fingerprint density at radius 2 is 1.80 bits per heavy atom. The summed E-state index contributed by atoms with van der Waals surface area (Å²) >= 11 is 0. The van der Waals surface area contributed by atoms with Gasteiger partial charge in [-0.05, 0) is 46.2 Å². The number of halogens is 1. The predicted molar refractivity (Wildman–Crippen MR) is 98.1 cm³/mol. The van der Waals surface area contributed by atoms with Crippen molar-refractivity contribution in [1.82, 2.24) is 15.1 Å². The van der Waals surface area contributed by atoms with Gasteiger partial charge in [0.2, 0.25) is 5.91 Å². The van der Waals surface area contributed by atoms with Crippen LogP contribution >= 0.6 is 12.4 Å². The number of hydrogen-bond acceptors (Lipinski definition) is 4. The van der Waals surface area contributed by atoms with Crippen molar-refractivity contribution < 1.29 is 14.0 Å². The first kappa shape index (κ1) is 19.8. The number of piperazine rings is 1. The maximum atomic E-state index is 12.7. The quantitative estimate of drug-likeness (QED) is 0.865. The molecule has 0 radical (unpaired) electrons. The van der Waals surface area contributed by atoms with Gasteiger partial charge >= 0.3 is 0 Å². The molecule has 0 saturated carbocycles. The van der Waals surface area contributed by atoms with Gasteiger partial charge in [-0.15, -0.1) is 12.4 Å². The van der Waals surface area contributed by atoms with Crippen molar-refractivity contribution in [2.24, 2.45) is 5.92 Å². The van der Waals surface area contributed by atoms with Crippen LogP contribution < -0.4 is 5.32 Å². The van der Waals surface area contributed by atoms with Crippen molar-refractivity contribution in [3.8, 4) is 0 Å². The van der Waals surface area contributed by atoms with E-state index in [2.05, 4.69) is 12.2 Å². The van der Waals surface area contributed by atoms with E-state index < -0.39 is 0 Å². The normalized spacial score (nSPS) is 24.0. The van der Waals surface area contributed by atoms with Crippen LogP contribution in [0, 0.1) is 19.8 Å². The third kappa shape index (κ3) is 4.36. The molecule has 2 aliphatic heterocycles. The molecule has 2 fully saturated rings. The first-order chi connectivity index (χ1) is 11.5. The second-order valence-corrected chi connectivity index (χ2v) is 7.02. The highest BCUT2D eigenvalue weighted by atomic mass is 35.5. The largest absolute Gasteiger partial charge is 0.466 e. The Balaban J connectivity index is 0.00000225. The molecule has 2 saturated heterocycles. The minimum Gasteiger partial charge on any atom is -0.466 e. The number of furan rings is 1. The van der Waals surface area contributed by atoms with Gasteiger partial charge < -0.3 is 19.5 Å². The minimum atomic E-state index is 0. The number of nitrogens with zero attached hydrogens (tertiary/aromatic N) is 2. The van der Waals surface area contributed by atoms with Gasteiger partial charge in [0, 0.05) is 38.1 Å². The van der Waals surface area contributed by atoms with Gasteiger partial charge in [-0.25, -0.2) is 0 Å².